The van der Waals surface area contributed by atoms with Crippen LogP contribution in [0.3, 0.4) is 0 Å². The molecule has 110 valence electrons. The molecule has 2 rings (SSSR count). The summed E-state index contributed by atoms with van der Waals surface area (Å²) in [5.41, 5.74) is -2.11. The van der Waals surface area contributed by atoms with E-state index in [0.717, 1.165) is 4.57 Å². The van der Waals surface area contributed by atoms with Crippen molar-refractivity contribution in [3.05, 3.63) is 33.1 Å². The van der Waals surface area contributed by atoms with Crippen LogP contribution in [0.1, 0.15) is 12.8 Å². The maximum Gasteiger partial charge on any atom is 0.328 e. The first kappa shape index (κ1) is 14.5. The quantitative estimate of drug-likeness (QED) is 0.603. The number of nitrogens with one attached hydrogen (secondary N) is 2. The molecule has 0 aliphatic carbocycles. The standard InChI is InChI=1S/C12H17N3O5/c16-9-1-4-15(11(18)14-9)7-10(17)13-8-12(19)2-5-20-6-3-12/h1,4,19H,2-3,5-8H2,(H,13,17)(H,14,16,18). The van der Waals surface area contributed by atoms with Crippen LogP contribution in [-0.4, -0.2) is 45.9 Å². The van der Waals surface area contributed by atoms with Crippen LogP contribution in [0.5, 0.6) is 0 Å². The van der Waals surface area contributed by atoms with Gasteiger partial charge in [0.2, 0.25) is 5.91 Å². The number of hydrogen-bond acceptors (Lipinski definition) is 5. The molecule has 3 N–H and O–H groups in total. The molecule has 1 aliphatic rings. The minimum Gasteiger partial charge on any atom is -0.388 e. The molecule has 0 radical (unpaired) electrons. The number of ether oxygens (including phenoxy) is 1. The number of H-pyrrole nitrogens is 1. The van der Waals surface area contributed by atoms with Crippen LogP contribution in [0, 0.1) is 0 Å². The Balaban J connectivity index is 1.89. The lowest BCUT2D eigenvalue weighted by molar-refractivity contribution is -0.124. The number of nitrogens with zero attached hydrogens (tertiary/aromatic N) is 1. The summed E-state index contributed by atoms with van der Waals surface area (Å²) in [6, 6.07) is 1.17. The third-order valence-corrected chi connectivity index (χ3v) is 3.25. The fourth-order valence-electron chi connectivity index (χ4n) is 1.97. The van der Waals surface area contributed by atoms with Gasteiger partial charge in [0.05, 0.1) is 5.60 Å². The van der Waals surface area contributed by atoms with E-state index in [1.807, 2.05) is 0 Å². The molecule has 0 saturated carbocycles. The minimum absolute atomic E-state index is 0.118. The maximum atomic E-state index is 11.7. The van der Waals surface area contributed by atoms with Gasteiger partial charge in [-0.3, -0.25) is 19.1 Å². The van der Waals surface area contributed by atoms with Crippen LogP contribution in [0.25, 0.3) is 0 Å². The van der Waals surface area contributed by atoms with Gasteiger partial charge in [0.15, 0.2) is 0 Å². The van der Waals surface area contributed by atoms with Crippen molar-refractivity contribution in [1.29, 1.82) is 0 Å². The average Bonchev–Trinajstić information content (AvgIpc) is 2.41. The smallest absolute Gasteiger partial charge is 0.328 e. The van der Waals surface area contributed by atoms with Crippen LogP contribution in [-0.2, 0) is 16.1 Å². The lowest BCUT2D eigenvalue weighted by Crippen LogP contribution is -2.47. The number of aliphatic hydroxyl groups is 1. The molecular formula is C12H17N3O5. The molecule has 1 saturated heterocycles. The van der Waals surface area contributed by atoms with E-state index < -0.39 is 22.8 Å². The highest BCUT2D eigenvalue weighted by molar-refractivity contribution is 5.75. The molecule has 1 aliphatic heterocycles. The lowest BCUT2D eigenvalue weighted by Gasteiger charge is -2.32. The zero-order valence-electron chi connectivity index (χ0n) is 10.9. The van der Waals surface area contributed by atoms with E-state index in [2.05, 4.69) is 10.3 Å². The summed E-state index contributed by atoms with van der Waals surface area (Å²) in [7, 11) is 0. The first-order valence-electron chi connectivity index (χ1n) is 6.35. The van der Waals surface area contributed by atoms with Crippen LogP contribution in [0.4, 0.5) is 0 Å². The van der Waals surface area contributed by atoms with Gasteiger partial charge in [0.1, 0.15) is 6.54 Å². The van der Waals surface area contributed by atoms with Crippen molar-refractivity contribution in [2.75, 3.05) is 19.8 Å². The lowest BCUT2D eigenvalue weighted by atomic mass is 9.94. The second kappa shape index (κ2) is 6.02. The molecular weight excluding hydrogens is 266 g/mol. The second-order valence-electron chi connectivity index (χ2n) is 4.85. The number of hydrogen-bond donors (Lipinski definition) is 3. The van der Waals surface area contributed by atoms with Gasteiger partial charge in [0.25, 0.3) is 5.56 Å². The van der Waals surface area contributed by atoms with Crippen molar-refractivity contribution < 1.29 is 14.6 Å². The van der Waals surface area contributed by atoms with Gasteiger partial charge < -0.3 is 15.2 Å². The number of amides is 1. The molecule has 0 unspecified atom stereocenters. The Kier molecular flexibility index (Phi) is 4.35. The van der Waals surface area contributed by atoms with E-state index in [4.69, 9.17) is 4.74 Å². The summed E-state index contributed by atoms with van der Waals surface area (Å²) in [6.45, 7) is 0.840. The van der Waals surface area contributed by atoms with E-state index >= 15 is 0 Å². The summed E-state index contributed by atoms with van der Waals surface area (Å²) in [5, 5.41) is 12.8. The molecule has 0 atom stereocenters. The van der Waals surface area contributed by atoms with Crippen LogP contribution >= 0.6 is 0 Å². The fourth-order valence-corrected chi connectivity index (χ4v) is 1.97. The largest absolute Gasteiger partial charge is 0.388 e. The Morgan fingerprint density at radius 3 is 2.80 bits per heavy atom. The van der Waals surface area contributed by atoms with Crippen molar-refractivity contribution in [3.8, 4) is 0 Å². The van der Waals surface area contributed by atoms with Crippen molar-refractivity contribution in [1.82, 2.24) is 14.9 Å². The predicted molar refractivity (Wildman–Crippen MR) is 69.3 cm³/mol. The van der Waals surface area contributed by atoms with Crippen LogP contribution in [0.2, 0.25) is 0 Å². The summed E-state index contributed by atoms with van der Waals surface area (Å²) < 4.78 is 6.23. The molecule has 1 aromatic heterocycles. The third-order valence-electron chi connectivity index (χ3n) is 3.25. The number of carbonyl (C=O) groups excluding carboxylic acids is 1. The predicted octanol–water partition coefficient (Wildman–Crippen LogP) is -1.81. The summed E-state index contributed by atoms with van der Waals surface area (Å²) in [6.07, 6.45) is 2.18. The molecule has 1 aromatic rings. The Labute approximate surface area is 114 Å². The third kappa shape index (κ3) is 3.78. The van der Waals surface area contributed by atoms with E-state index in [1.54, 1.807) is 0 Å². The van der Waals surface area contributed by atoms with E-state index in [0.29, 0.717) is 26.1 Å². The Morgan fingerprint density at radius 2 is 2.15 bits per heavy atom. The second-order valence-corrected chi connectivity index (χ2v) is 4.85. The molecule has 20 heavy (non-hydrogen) atoms. The topological polar surface area (TPSA) is 113 Å². The van der Waals surface area contributed by atoms with Gasteiger partial charge >= 0.3 is 5.69 Å². The van der Waals surface area contributed by atoms with E-state index in [1.165, 1.54) is 12.3 Å². The monoisotopic (exact) mass is 283 g/mol. The molecule has 0 spiro atoms. The first-order valence-corrected chi connectivity index (χ1v) is 6.35. The molecule has 8 heteroatoms. The highest BCUT2D eigenvalue weighted by atomic mass is 16.5. The molecule has 2 heterocycles. The van der Waals surface area contributed by atoms with Crippen molar-refractivity contribution in [3.63, 3.8) is 0 Å². The highest BCUT2D eigenvalue weighted by Crippen LogP contribution is 2.19. The molecule has 1 amide bonds. The van der Waals surface area contributed by atoms with Gasteiger partial charge in [-0.1, -0.05) is 0 Å². The van der Waals surface area contributed by atoms with Gasteiger partial charge in [-0.15, -0.1) is 0 Å². The molecule has 8 nitrogen and oxygen atoms in total. The van der Waals surface area contributed by atoms with Crippen molar-refractivity contribution in [2.45, 2.75) is 25.0 Å². The van der Waals surface area contributed by atoms with E-state index in [-0.39, 0.29) is 13.1 Å². The number of aromatic nitrogens is 2. The van der Waals surface area contributed by atoms with Gasteiger partial charge in [-0.25, -0.2) is 4.79 Å². The van der Waals surface area contributed by atoms with Crippen LogP contribution in [0.15, 0.2) is 21.9 Å². The summed E-state index contributed by atoms with van der Waals surface area (Å²) in [5.74, 6) is -0.404. The zero-order valence-corrected chi connectivity index (χ0v) is 10.9. The fraction of sp³-hybridized carbons (Fsp3) is 0.583. The van der Waals surface area contributed by atoms with Crippen LogP contribution < -0.4 is 16.6 Å². The maximum absolute atomic E-state index is 11.7. The average molecular weight is 283 g/mol. The molecule has 0 aromatic carbocycles. The van der Waals surface area contributed by atoms with Crippen molar-refractivity contribution >= 4 is 5.91 Å². The van der Waals surface area contributed by atoms with Gasteiger partial charge in [-0.05, 0) is 0 Å². The SMILES string of the molecule is O=C(Cn1ccc(=O)[nH]c1=O)NCC1(O)CCOCC1. The number of rotatable bonds is 4. The highest BCUT2D eigenvalue weighted by Gasteiger charge is 2.30. The molecule has 1 fully saturated rings. The van der Waals surface area contributed by atoms with Gasteiger partial charge in [-0.2, -0.15) is 0 Å². The number of aromatic amines is 1. The van der Waals surface area contributed by atoms with E-state index in [9.17, 15) is 19.5 Å². The minimum atomic E-state index is -0.954. The summed E-state index contributed by atoms with van der Waals surface area (Å²) >= 11 is 0. The van der Waals surface area contributed by atoms with Crippen molar-refractivity contribution in [2.24, 2.45) is 0 Å². The Morgan fingerprint density at radius 1 is 1.45 bits per heavy atom. The summed E-state index contributed by atoms with van der Waals surface area (Å²) in [4.78, 5) is 36.1. The normalized spacial score (nSPS) is 17.6. The van der Waals surface area contributed by atoms with Gasteiger partial charge in [0, 0.05) is 44.9 Å². The Bertz CT molecular complexity index is 585. The molecule has 0 bridgehead atoms. The number of carbonyl (C=O) groups is 1. The zero-order chi connectivity index (χ0) is 14.6. The Hall–Kier alpha value is -1.93. The first-order chi connectivity index (χ1) is 9.48.